The maximum Gasteiger partial charge on any atom is 0.216 e. The van der Waals surface area contributed by atoms with Gasteiger partial charge >= 0.3 is 0 Å². The Kier molecular flexibility index (Phi) is 5.17. The number of hydrogen-bond acceptors (Lipinski definition) is 5. The molecule has 6 rings (SSSR count). The fourth-order valence-corrected chi connectivity index (χ4v) is 7.00. The number of hydrogen-bond donors (Lipinski definition) is 1. The summed E-state index contributed by atoms with van der Waals surface area (Å²) in [6.45, 7) is 4.22. The van der Waals surface area contributed by atoms with Gasteiger partial charge in [-0.15, -0.1) is 0 Å². The Bertz CT molecular complexity index is 1320. The lowest BCUT2D eigenvalue weighted by Gasteiger charge is -2.47. The number of pyridine rings is 1. The molecule has 2 heterocycles. The van der Waals surface area contributed by atoms with Crippen LogP contribution in [0.5, 0.6) is 0 Å². The quantitative estimate of drug-likeness (QED) is 0.719. The summed E-state index contributed by atoms with van der Waals surface area (Å²) >= 11 is 0. The summed E-state index contributed by atoms with van der Waals surface area (Å²) in [7, 11) is 0. The molecule has 6 heteroatoms. The number of carbonyl (C=O) groups is 3. The molecule has 1 aromatic carbocycles. The molecule has 2 aromatic rings. The van der Waals surface area contributed by atoms with Gasteiger partial charge in [-0.05, 0) is 52.8 Å². The minimum atomic E-state index is -0.219. The zero-order valence-corrected chi connectivity index (χ0v) is 20.2. The lowest BCUT2D eigenvalue weighted by molar-refractivity contribution is -0.121. The van der Waals surface area contributed by atoms with Gasteiger partial charge in [0, 0.05) is 62.3 Å². The molecule has 5 atom stereocenters. The summed E-state index contributed by atoms with van der Waals surface area (Å²) in [4.78, 5) is 42.1. The molecule has 1 aromatic heterocycles. The van der Waals surface area contributed by atoms with Crippen LogP contribution in [0.25, 0.3) is 10.8 Å². The Labute approximate surface area is 204 Å². The summed E-state index contributed by atoms with van der Waals surface area (Å²) in [6, 6.07) is 8.18. The fraction of sp³-hybridized carbons (Fsp3) is 0.448. The number of aromatic nitrogens is 1. The number of nitrogens with zero attached hydrogens (tertiary/aromatic N) is 1. The highest BCUT2D eigenvalue weighted by atomic mass is 16.5. The van der Waals surface area contributed by atoms with Crippen molar-refractivity contribution in [3.05, 3.63) is 65.2 Å². The highest BCUT2D eigenvalue weighted by Gasteiger charge is 2.59. The van der Waals surface area contributed by atoms with E-state index < -0.39 is 0 Å². The van der Waals surface area contributed by atoms with Crippen LogP contribution < -0.4 is 5.32 Å². The third-order valence-corrected chi connectivity index (χ3v) is 8.75. The predicted molar refractivity (Wildman–Crippen MR) is 131 cm³/mol. The highest BCUT2D eigenvalue weighted by molar-refractivity contribution is 6.00. The van der Waals surface area contributed by atoms with Crippen LogP contribution in [0, 0.1) is 17.3 Å². The van der Waals surface area contributed by atoms with Crippen LogP contribution in [0.1, 0.15) is 57.4 Å². The van der Waals surface area contributed by atoms with E-state index in [1.807, 2.05) is 24.4 Å². The summed E-state index contributed by atoms with van der Waals surface area (Å²) in [6.07, 6.45) is 8.80. The van der Waals surface area contributed by atoms with Crippen LogP contribution in [-0.4, -0.2) is 35.1 Å². The molecule has 2 saturated carbocycles. The number of ether oxygens (including phenoxy) is 1. The van der Waals surface area contributed by atoms with Gasteiger partial charge in [0.05, 0.1) is 5.57 Å². The van der Waals surface area contributed by atoms with Crippen molar-refractivity contribution in [2.24, 2.45) is 17.3 Å². The molecule has 6 nitrogen and oxygen atoms in total. The summed E-state index contributed by atoms with van der Waals surface area (Å²) in [5.41, 5.74) is 2.71. The second-order valence-corrected chi connectivity index (χ2v) is 10.9. The molecule has 1 unspecified atom stereocenters. The molecule has 3 aliphatic carbocycles. The van der Waals surface area contributed by atoms with Crippen LogP contribution in [0.15, 0.2) is 59.6 Å². The Hall–Kier alpha value is -3.28. The Morgan fingerprint density at radius 3 is 2.89 bits per heavy atom. The normalized spacial score (nSPS) is 31.9. The van der Waals surface area contributed by atoms with Crippen molar-refractivity contribution in [3.63, 3.8) is 0 Å². The van der Waals surface area contributed by atoms with Crippen molar-refractivity contribution >= 4 is 28.2 Å². The third-order valence-electron chi connectivity index (χ3n) is 8.75. The van der Waals surface area contributed by atoms with E-state index in [9.17, 15) is 14.4 Å². The minimum absolute atomic E-state index is 0.0392. The number of allylic oxidation sites excluding steroid dienone is 3. The van der Waals surface area contributed by atoms with E-state index in [1.165, 1.54) is 6.92 Å². The van der Waals surface area contributed by atoms with Gasteiger partial charge < -0.3 is 10.1 Å². The maximum atomic E-state index is 13.6. The molecule has 2 fully saturated rings. The van der Waals surface area contributed by atoms with Gasteiger partial charge in [0.2, 0.25) is 5.91 Å². The maximum absolute atomic E-state index is 13.6. The van der Waals surface area contributed by atoms with Crippen molar-refractivity contribution < 1.29 is 19.1 Å². The minimum Gasteiger partial charge on any atom is -0.489 e. The van der Waals surface area contributed by atoms with Gasteiger partial charge in [-0.2, -0.15) is 0 Å². The van der Waals surface area contributed by atoms with Gasteiger partial charge in [0.1, 0.15) is 17.6 Å². The van der Waals surface area contributed by atoms with Gasteiger partial charge in [0.15, 0.2) is 5.78 Å². The number of rotatable bonds is 3. The highest BCUT2D eigenvalue weighted by Crippen LogP contribution is 2.61. The number of Topliss-reactive ketones (excluding diaryl/α,β-unsaturated/α-hetero) is 2. The van der Waals surface area contributed by atoms with E-state index >= 15 is 0 Å². The lowest BCUT2D eigenvalue weighted by Crippen LogP contribution is -2.44. The smallest absolute Gasteiger partial charge is 0.216 e. The first-order valence-corrected chi connectivity index (χ1v) is 12.6. The number of benzene rings is 1. The van der Waals surface area contributed by atoms with Crippen LogP contribution >= 0.6 is 0 Å². The van der Waals surface area contributed by atoms with E-state index in [2.05, 4.69) is 29.4 Å². The molecular weight excluding hydrogens is 440 g/mol. The van der Waals surface area contributed by atoms with Crippen LogP contribution in [0.2, 0.25) is 0 Å². The fourth-order valence-electron chi connectivity index (χ4n) is 7.00. The van der Waals surface area contributed by atoms with Crippen LogP contribution in [-0.2, 0) is 19.1 Å². The average molecular weight is 471 g/mol. The second-order valence-electron chi connectivity index (χ2n) is 10.9. The number of amides is 1. The molecule has 1 aliphatic heterocycles. The predicted octanol–water partition coefficient (Wildman–Crippen LogP) is 4.40. The molecule has 0 radical (unpaired) electrons. The zero-order valence-electron chi connectivity index (χ0n) is 20.2. The molecular formula is C29H30N2O4. The van der Waals surface area contributed by atoms with Gasteiger partial charge in [-0.1, -0.05) is 25.1 Å². The van der Waals surface area contributed by atoms with E-state index in [4.69, 9.17) is 4.74 Å². The van der Waals surface area contributed by atoms with E-state index in [1.54, 1.807) is 6.20 Å². The Balaban J connectivity index is 1.32. The molecule has 1 amide bonds. The summed E-state index contributed by atoms with van der Waals surface area (Å²) in [5.74, 6) is 0.933. The third kappa shape index (κ3) is 3.53. The van der Waals surface area contributed by atoms with Crippen LogP contribution in [0.3, 0.4) is 0 Å². The van der Waals surface area contributed by atoms with E-state index in [0.29, 0.717) is 31.4 Å². The van der Waals surface area contributed by atoms with E-state index in [0.717, 1.165) is 40.5 Å². The monoisotopic (exact) mass is 470 g/mol. The van der Waals surface area contributed by atoms with Crippen molar-refractivity contribution in [1.82, 2.24) is 10.3 Å². The molecule has 0 spiro atoms. The Morgan fingerprint density at radius 2 is 2.06 bits per heavy atom. The van der Waals surface area contributed by atoms with Crippen molar-refractivity contribution in [3.8, 4) is 0 Å². The number of carbonyl (C=O) groups excluding carboxylic acids is 3. The van der Waals surface area contributed by atoms with Gasteiger partial charge in [-0.3, -0.25) is 19.4 Å². The largest absolute Gasteiger partial charge is 0.489 e. The number of ketones is 2. The lowest BCUT2D eigenvalue weighted by atomic mass is 9.60. The topological polar surface area (TPSA) is 85.4 Å². The van der Waals surface area contributed by atoms with Crippen molar-refractivity contribution in [1.29, 1.82) is 0 Å². The average Bonchev–Trinajstić information content (AvgIpc) is 3.12. The molecule has 180 valence electrons. The molecule has 4 aliphatic rings. The summed E-state index contributed by atoms with van der Waals surface area (Å²) in [5, 5.41) is 4.99. The molecule has 0 saturated heterocycles. The van der Waals surface area contributed by atoms with E-state index in [-0.39, 0.29) is 46.7 Å². The molecule has 35 heavy (non-hydrogen) atoms. The Morgan fingerprint density at radius 1 is 1.20 bits per heavy atom. The SMILES string of the molecule is CC(=O)NCC1CC(=O)C2=C(C1)O[C@@H]1C(=C2)CC[C@]2(C)[C@@H](c3cccc4cnccc34)C(=O)C[C@@H]12. The van der Waals surface area contributed by atoms with Gasteiger partial charge in [0.25, 0.3) is 0 Å². The number of fused-ring (bicyclic) bond motifs is 4. The first-order chi connectivity index (χ1) is 16.8. The van der Waals surface area contributed by atoms with Crippen molar-refractivity contribution in [2.45, 2.75) is 58.0 Å². The van der Waals surface area contributed by atoms with Gasteiger partial charge in [-0.25, -0.2) is 0 Å². The number of nitrogens with one attached hydrogen (secondary N) is 1. The zero-order chi connectivity index (χ0) is 24.3. The summed E-state index contributed by atoms with van der Waals surface area (Å²) < 4.78 is 6.62. The first-order valence-electron chi connectivity index (χ1n) is 12.6. The molecule has 0 bridgehead atoms. The standard InChI is InChI=1S/C29H30N2O4/c1-16(32)31-14-17-10-24(33)22-12-18-6-8-29(2)23(28(18)35-26(22)11-17)13-25(34)27(29)21-5-3-4-19-15-30-9-7-20(19)21/h3-5,7,9,12,15,17,23,27-28H,6,8,10-11,13-14H2,1-2H3,(H,31,32)/t17?,23-,27-,28+,29-/m0/s1. The second kappa shape index (κ2) is 8.14. The van der Waals surface area contributed by atoms with Crippen molar-refractivity contribution in [2.75, 3.05) is 6.54 Å². The molecule has 1 N–H and O–H groups in total. The first kappa shape index (κ1) is 22.2. The van der Waals surface area contributed by atoms with Crippen LogP contribution in [0.4, 0.5) is 0 Å².